The second-order valence-corrected chi connectivity index (χ2v) is 31.6. The van der Waals surface area contributed by atoms with Crippen molar-refractivity contribution >= 4 is 39.5 Å². The molecule has 17 nitrogen and oxygen atoms in total. The van der Waals surface area contributed by atoms with Crippen molar-refractivity contribution in [3.63, 3.8) is 0 Å². The van der Waals surface area contributed by atoms with Gasteiger partial charge in [0.25, 0.3) is 0 Å². The van der Waals surface area contributed by atoms with Crippen molar-refractivity contribution in [1.29, 1.82) is 0 Å². The molecule has 0 saturated heterocycles. The number of unbranched alkanes of at least 4 members (excludes halogenated alkanes) is 50. The minimum atomic E-state index is -4.96. The van der Waals surface area contributed by atoms with Crippen molar-refractivity contribution in [2.24, 2.45) is 5.92 Å². The van der Waals surface area contributed by atoms with Gasteiger partial charge in [-0.25, -0.2) is 9.13 Å². The van der Waals surface area contributed by atoms with Crippen LogP contribution in [-0.4, -0.2) is 96.7 Å². The molecule has 0 aliphatic carbocycles. The predicted octanol–water partition coefficient (Wildman–Crippen LogP) is 23.6. The van der Waals surface area contributed by atoms with Gasteiger partial charge < -0.3 is 33.8 Å². The molecule has 0 fully saturated rings. The largest absolute Gasteiger partial charge is 0.472 e. The Morgan fingerprint density at radius 1 is 0.286 bits per heavy atom. The van der Waals surface area contributed by atoms with Gasteiger partial charge in [0.05, 0.1) is 26.4 Å². The summed E-state index contributed by atoms with van der Waals surface area (Å²) >= 11 is 0. The van der Waals surface area contributed by atoms with Gasteiger partial charge in [-0.3, -0.25) is 37.3 Å². The molecule has 0 amide bonds. The van der Waals surface area contributed by atoms with Crippen LogP contribution in [0.2, 0.25) is 0 Å². The number of hydrogen-bond acceptors (Lipinski definition) is 15. The van der Waals surface area contributed by atoms with E-state index in [4.69, 9.17) is 37.0 Å². The monoisotopic (exact) mass is 1440 g/mol. The van der Waals surface area contributed by atoms with E-state index in [1.165, 1.54) is 238 Å². The van der Waals surface area contributed by atoms with Gasteiger partial charge in [-0.05, 0) is 31.6 Å². The van der Waals surface area contributed by atoms with E-state index in [-0.39, 0.29) is 25.7 Å². The lowest BCUT2D eigenvalue weighted by Gasteiger charge is -2.21. The molecule has 3 N–H and O–H groups in total. The van der Waals surface area contributed by atoms with Gasteiger partial charge in [0.1, 0.15) is 19.3 Å². The average Bonchev–Trinajstić information content (AvgIpc) is 0.975. The predicted molar refractivity (Wildman–Crippen MR) is 400 cm³/mol. The zero-order chi connectivity index (χ0) is 71.9. The van der Waals surface area contributed by atoms with E-state index in [1.807, 2.05) is 0 Å². The molecule has 0 saturated carbocycles. The van der Waals surface area contributed by atoms with E-state index in [9.17, 15) is 43.2 Å². The van der Waals surface area contributed by atoms with E-state index >= 15 is 0 Å². The smallest absolute Gasteiger partial charge is 0.462 e. The first-order chi connectivity index (χ1) is 47.6. The molecule has 6 atom stereocenters. The van der Waals surface area contributed by atoms with Crippen LogP contribution in [0.15, 0.2) is 0 Å². The third-order valence-electron chi connectivity index (χ3n) is 18.9. The van der Waals surface area contributed by atoms with Gasteiger partial charge in [0, 0.05) is 25.7 Å². The second-order valence-electron chi connectivity index (χ2n) is 28.7. The molecular formula is C79H154O17P2. The van der Waals surface area contributed by atoms with Crippen LogP contribution < -0.4 is 0 Å². The molecule has 98 heavy (non-hydrogen) atoms. The van der Waals surface area contributed by atoms with Crippen LogP contribution in [0, 0.1) is 5.92 Å². The van der Waals surface area contributed by atoms with Crippen molar-refractivity contribution in [3.05, 3.63) is 0 Å². The third-order valence-corrected chi connectivity index (χ3v) is 20.8. The minimum absolute atomic E-state index is 0.107. The topological polar surface area (TPSA) is 237 Å². The highest BCUT2D eigenvalue weighted by Crippen LogP contribution is 2.45. The van der Waals surface area contributed by atoms with E-state index in [2.05, 4.69) is 34.6 Å². The quantitative estimate of drug-likeness (QED) is 0.0222. The molecule has 0 heterocycles. The van der Waals surface area contributed by atoms with E-state index in [0.29, 0.717) is 25.7 Å². The molecule has 0 aromatic carbocycles. The molecule has 19 heteroatoms. The van der Waals surface area contributed by atoms with Crippen molar-refractivity contribution < 1.29 is 80.2 Å². The summed E-state index contributed by atoms with van der Waals surface area (Å²) < 4.78 is 68.4. The summed E-state index contributed by atoms with van der Waals surface area (Å²) in [5, 5.41) is 10.6. The number of carbonyl (C=O) groups excluding carboxylic acids is 4. The minimum Gasteiger partial charge on any atom is -0.462 e. The van der Waals surface area contributed by atoms with Crippen molar-refractivity contribution in [2.45, 2.75) is 438 Å². The van der Waals surface area contributed by atoms with Crippen molar-refractivity contribution in [2.75, 3.05) is 39.6 Å². The lowest BCUT2D eigenvalue weighted by Crippen LogP contribution is -2.30. The summed E-state index contributed by atoms with van der Waals surface area (Å²) in [4.78, 5) is 72.6. The van der Waals surface area contributed by atoms with Crippen LogP contribution in [0.25, 0.3) is 0 Å². The standard InChI is InChI=1S/C79H154O17P2/c1-6-10-13-16-18-20-22-24-25-26-27-31-34-37-41-44-48-53-58-63-77(82)90-69-75(96-79(84)65-60-55-50-46-42-38-35-32-29-28-30-33-36-39-43-47-52-56-61-72(5)9-4)71-94-98(87,88)92-67-73(80)66-91-97(85,86)93-70-74(68-89-76(81)62-57-51-15-12-8-3)95-78(83)64-59-54-49-45-40-23-21-19-17-14-11-7-2/h72-75,80H,6-71H2,1-5H3,(H,85,86)(H,87,88)/t72?,73-,74+,75+/m0/s1. The first-order valence-electron chi connectivity index (χ1n) is 41.2. The fraction of sp³-hybridized carbons (Fsp3) is 0.949. The molecule has 0 bridgehead atoms. The molecule has 0 aromatic heterocycles. The average molecular weight is 1440 g/mol. The highest BCUT2D eigenvalue weighted by molar-refractivity contribution is 7.47. The first kappa shape index (κ1) is 96.1. The Bertz CT molecular complexity index is 1880. The summed E-state index contributed by atoms with van der Waals surface area (Å²) in [6.07, 6.45) is 62.9. The second kappa shape index (κ2) is 72.0. The highest BCUT2D eigenvalue weighted by atomic mass is 31.2. The first-order valence-corrected chi connectivity index (χ1v) is 44.2. The third kappa shape index (κ3) is 71.1. The highest BCUT2D eigenvalue weighted by Gasteiger charge is 2.30. The van der Waals surface area contributed by atoms with E-state index in [1.54, 1.807) is 0 Å². The van der Waals surface area contributed by atoms with Crippen LogP contribution >= 0.6 is 15.6 Å². The van der Waals surface area contributed by atoms with Crippen LogP contribution in [0.5, 0.6) is 0 Å². The molecule has 0 spiro atoms. The summed E-state index contributed by atoms with van der Waals surface area (Å²) in [6, 6.07) is 0. The summed E-state index contributed by atoms with van der Waals surface area (Å²) in [5.74, 6) is -1.25. The summed E-state index contributed by atoms with van der Waals surface area (Å²) in [7, 11) is -9.90. The maximum Gasteiger partial charge on any atom is 0.472 e. The van der Waals surface area contributed by atoms with Gasteiger partial charge in [-0.15, -0.1) is 0 Å². The SMILES string of the molecule is CCCCCCCCCCCCCCCCCCCCCC(=O)OC[C@H](COP(=O)(O)OC[C@@H](O)COP(=O)(O)OC[C@@H](COC(=O)CCCCCCC)OC(=O)CCCCCCCCCCCCCC)OC(=O)CCCCCCCCCCCCCCCCCCCCC(C)CC. The molecular weight excluding hydrogens is 1280 g/mol. The zero-order valence-corrected chi connectivity index (χ0v) is 65.7. The van der Waals surface area contributed by atoms with E-state index < -0.39 is 97.5 Å². The fourth-order valence-electron chi connectivity index (χ4n) is 12.2. The normalized spacial score (nSPS) is 14.2. The Hall–Kier alpha value is -1.94. The van der Waals surface area contributed by atoms with Gasteiger partial charge in [0.15, 0.2) is 12.2 Å². The zero-order valence-electron chi connectivity index (χ0n) is 63.9. The molecule has 0 rings (SSSR count). The maximum atomic E-state index is 13.1. The Labute approximate surface area is 600 Å². The summed E-state index contributed by atoms with van der Waals surface area (Å²) in [6.45, 7) is 7.29. The van der Waals surface area contributed by atoms with Gasteiger partial charge in [0.2, 0.25) is 0 Å². The lowest BCUT2D eigenvalue weighted by molar-refractivity contribution is -0.161. The number of phosphoric acid groups is 2. The molecule has 0 aliphatic rings. The molecule has 0 aromatic rings. The van der Waals surface area contributed by atoms with Crippen LogP contribution in [0.3, 0.4) is 0 Å². The van der Waals surface area contributed by atoms with Crippen molar-refractivity contribution in [1.82, 2.24) is 0 Å². The number of aliphatic hydroxyl groups is 1. The fourth-order valence-corrected chi connectivity index (χ4v) is 13.8. The molecule has 3 unspecified atom stereocenters. The molecule has 0 aliphatic heterocycles. The van der Waals surface area contributed by atoms with Gasteiger partial charge in [-0.2, -0.15) is 0 Å². The number of hydrogen-bond donors (Lipinski definition) is 3. The van der Waals surface area contributed by atoms with Crippen LogP contribution in [0.4, 0.5) is 0 Å². The Morgan fingerprint density at radius 2 is 0.490 bits per heavy atom. The number of phosphoric ester groups is 2. The molecule has 0 radical (unpaired) electrons. The van der Waals surface area contributed by atoms with Crippen LogP contribution in [-0.2, 0) is 65.4 Å². The van der Waals surface area contributed by atoms with Gasteiger partial charge >= 0.3 is 39.5 Å². The molecule has 582 valence electrons. The lowest BCUT2D eigenvalue weighted by atomic mass is 9.99. The Morgan fingerprint density at radius 3 is 0.724 bits per heavy atom. The Kier molecular flexibility index (Phi) is 70.6. The number of carbonyl (C=O) groups is 4. The van der Waals surface area contributed by atoms with Crippen molar-refractivity contribution in [3.8, 4) is 0 Å². The van der Waals surface area contributed by atoms with Crippen LogP contribution in [0.1, 0.15) is 420 Å². The Balaban J connectivity index is 5.11. The number of aliphatic hydroxyl groups excluding tert-OH is 1. The number of ether oxygens (including phenoxy) is 4. The van der Waals surface area contributed by atoms with E-state index in [0.717, 1.165) is 102 Å². The number of esters is 4. The number of rotatable bonds is 79. The maximum absolute atomic E-state index is 13.1. The van der Waals surface area contributed by atoms with Gasteiger partial charge in [-0.1, -0.05) is 369 Å². The summed E-state index contributed by atoms with van der Waals surface area (Å²) in [5.41, 5.74) is 0.